The fourth-order valence-corrected chi connectivity index (χ4v) is 5.51. The van der Waals surface area contributed by atoms with Crippen LogP contribution < -0.4 is 0 Å². The monoisotopic (exact) mass is 470 g/mol. The number of aliphatic hydroxyl groups excluding tert-OH is 2. The molecule has 0 bridgehead atoms. The summed E-state index contributed by atoms with van der Waals surface area (Å²) < 4.78 is 0. The first kappa shape index (κ1) is 22.8. The van der Waals surface area contributed by atoms with E-state index in [-0.39, 0.29) is 45.3 Å². The Hall–Kier alpha value is -4.00. The second-order valence-electron chi connectivity index (χ2n) is 8.97. The van der Waals surface area contributed by atoms with Crippen molar-refractivity contribution in [2.45, 2.75) is 32.5 Å². The highest BCUT2D eigenvalue weighted by Gasteiger charge is 2.50. The number of phenolic OH excluding ortho intramolecular Hbond substituents is 2. The molecule has 0 atom stereocenters. The van der Waals surface area contributed by atoms with Crippen LogP contribution in [0.25, 0.3) is 11.1 Å². The second kappa shape index (κ2) is 8.05. The summed E-state index contributed by atoms with van der Waals surface area (Å²) in [6, 6.07) is 18.4. The van der Waals surface area contributed by atoms with Gasteiger partial charge in [0.05, 0.1) is 18.6 Å². The van der Waals surface area contributed by atoms with Gasteiger partial charge in [0.1, 0.15) is 23.0 Å². The third kappa shape index (κ3) is 2.90. The molecule has 4 aromatic rings. The van der Waals surface area contributed by atoms with Gasteiger partial charge < -0.3 is 30.6 Å². The molecule has 1 aliphatic carbocycles. The van der Waals surface area contributed by atoms with Crippen LogP contribution in [0, 0.1) is 13.8 Å². The van der Waals surface area contributed by atoms with Crippen LogP contribution in [0.2, 0.25) is 0 Å². The van der Waals surface area contributed by atoms with E-state index in [1.54, 1.807) is 26.0 Å². The molecule has 6 nitrogen and oxygen atoms in total. The minimum atomic E-state index is -1.27. The maximum atomic E-state index is 11.5. The highest BCUT2D eigenvalue weighted by Crippen LogP contribution is 2.61. The summed E-state index contributed by atoms with van der Waals surface area (Å²) >= 11 is 0. The van der Waals surface area contributed by atoms with E-state index in [1.165, 1.54) is 0 Å². The Labute approximate surface area is 202 Å². The van der Waals surface area contributed by atoms with Crippen molar-refractivity contribution < 1.29 is 30.6 Å². The van der Waals surface area contributed by atoms with E-state index in [1.807, 2.05) is 48.5 Å². The Morgan fingerprint density at radius 3 is 1.29 bits per heavy atom. The summed E-state index contributed by atoms with van der Waals surface area (Å²) in [5.41, 5.74) is 3.65. The molecule has 0 saturated heterocycles. The lowest BCUT2D eigenvalue weighted by molar-refractivity contribution is 0.274. The molecular weight excluding hydrogens is 444 g/mol. The summed E-state index contributed by atoms with van der Waals surface area (Å²) in [6.45, 7) is 2.22. The van der Waals surface area contributed by atoms with Crippen molar-refractivity contribution in [1.82, 2.24) is 0 Å². The lowest BCUT2D eigenvalue weighted by Crippen LogP contribution is -2.30. The zero-order valence-electron chi connectivity index (χ0n) is 19.4. The van der Waals surface area contributed by atoms with Gasteiger partial charge in [0.25, 0.3) is 0 Å². The van der Waals surface area contributed by atoms with Gasteiger partial charge >= 0.3 is 0 Å². The summed E-state index contributed by atoms with van der Waals surface area (Å²) in [5.74, 6) is -0.764. The van der Waals surface area contributed by atoms with Crippen molar-refractivity contribution in [2.24, 2.45) is 0 Å². The first-order valence-corrected chi connectivity index (χ1v) is 11.3. The fraction of sp³-hybridized carbons (Fsp3) is 0.172. The van der Waals surface area contributed by atoms with Crippen molar-refractivity contribution >= 4 is 0 Å². The quantitative estimate of drug-likeness (QED) is 0.230. The van der Waals surface area contributed by atoms with Crippen molar-refractivity contribution in [3.63, 3.8) is 0 Å². The van der Waals surface area contributed by atoms with Gasteiger partial charge in [-0.2, -0.15) is 0 Å². The van der Waals surface area contributed by atoms with Crippen LogP contribution in [0.1, 0.15) is 44.5 Å². The number of rotatable bonds is 4. The van der Waals surface area contributed by atoms with E-state index >= 15 is 0 Å². The molecule has 0 saturated carbocycles. The van der Waals surface area contributed by atoms with Gasteiger partial charge in [-0.15, -0.1) is 0 Å². The van der Waals surface area contributed by atoms with Crippen molar-refractivity contribution in [3.05, 3.63) is 105 Å². The highest BCUT2D eigenvalue weighted by molar-refractivity contribution is 5.88. The molecule has 0 amide bonds. The number of fused-ring (bicyclic) bond motifs is 3. The molecule has 178 valence electrons. The second-order valence-corrected chi connectivity index (χ2v) is 8.97. The third-order valence-electron chi connectivity index (χ3n) is 7.28. The average Bonchev–Trinajstić information content (AvgIpc) is 3.17. The number of aliphatic hydroxyl groups is 2. The summed E-state index contributed by atoms with van der Waals surface area (Å²) in [5, 5.41) is 64.1. The molecule has 0 aliphatic heterocycles. The standard InChI is InChI=1S/C29H26O6/c1-15-25(32)17(13-30)11-23(27(15)34)29(24-12-18(14-31)26(33)16(2)28(24)35)21-9-5-3-7-19(21)20-8-4-6-10-22(20)29/h3-12,30-35H,13-14H2,1-2H3. The van der Waals surface area contributed by atoms with Gasteiger partial charge in [-0.1, -0.05) is 48.5 Å². The molecule has 0 unspecified atom stereocenters. The summed E-state index contributed by atoms with van der Waals surface area (Å²) in [7, 11) is 0. The number of benzene rings is 4. The van der Waals surface area contributed by atoms with Gasteiger partial charge in [-0.25, -0.2) is 0 Å². The number of aromatic hydroxyl groups is 4. The van der Waals surface area contributed by atoms with Crippen LogP contribution in [0.15, 0.2) is 60.7 Å². The molecule has 6 N–H and O–H groups in total. The number of hydrogen-bond donors (Lipinski definition) is 6. The highest BCUT2D eigenvalue weighted by atomic mass is 16.3. The van der Waals surface area contributed by atoms with Gasteiger partial charge in [0, 0.05) is 33.4 Å². The molecule has 0 heterocycles. The van der Waals surface area contributed by atoms with Crippen molar-refractivity contribution in [3.8, 4) is 34.1 Å². The Balaban J connectivity index is 2.07. The van der Waals surface area contributed by atoms with Crippen LogP contribution in [0.3, 0.4) is 0 Å². The zero-order valence-corrected chi connectivity index (χ0v) is 19.4. The molecule has 5 rings (SSSR count). The van der Waals surface area contributed by atoms with E-state index in [0.717, 1.165) is 22.3 Å². The first-order valence-electron chi connectivity index (χ1n) is 11.3. The van der Waals surface area contributed by atoms with E-state index in [2.05, 4.69) is 0 Å². The van der Waals surface area contributed by atoms with E-state index in [0.29, 0.717) is 11.1 Å². The Kier molecular flexibility index (Phi) is 5.24. The summed E-state index contributed by atoms with van der Waals surface area (Å²) in [4.78, 5) is 0. The Morgan fingerprint density at radius 2 is 0.914 bits per heavy atom. The zero-order chi connectivity index (χ0) is 25.1. The van der Waals surface area contributed by atoms with E-state index in [9.17, 15) is 30.6 Å². The minimum absolute atomic E-state index is 0.179. The molecule has 6 heteroatoms. The number of phenols is 4. The Morgan fingerprint density at radius 1 is 0.543 bits per heavy atom. The van der Waals surface area contributed by atoms with E-state index < -0.39 is 18.6 Å². The van der Waals surface area contributed by atoms with Crippen LogP contribution in [0.5, 0.6) is 23.0 Å². The van der Waals surface area contributed by atoms with Crippen LogP contribution >= 0.6 is 0 Å². The average molecular weight is 471 g/mol. The van der Waals surface area contributed by atoms with E-state index in [4.69, 9.17) is 0 Å². The lowest BCUT2D eigenvalue weighted by Gasteiger charge is -2.36. The molecule has 0 aromatic heterocycles. The van der Waals surface area contributed by atoms with Gasteiger partial charge in [-0.05, 0) is 48.2 Å². The minimum Gasteiger partial charge on any atom is -0.507 e. The van der Waals surface area contributed by atoms with Crippen LogP contribution in [-0.2, 0) is 18.6 Å². The maximum Gasteiger partial charge on any atom is 0.127 e. The van der Waals surface area contributed by atoms with Gasteiger partial charge in [0.15, 0.2) is 0 Å². The Bertz CT molecular complexity index is 1370. The van der Waals surface area contributed by atoms with Crippen molar-refractivity contribution in [1.29, 1.82) is 0 Å². The largest absolute Gasteiger partial charge is 0.507 e. The van der Waals surface area contributed by atoms with Gasteiger partial charge in [-0.3, -0.25) is 0 Å². The maximum absolute atomic E-state index is 11.5. The first-order chi connectivity index (χ1) is 16.8. The lowest BCUT2D eigenvalue weighted by atomic mass is 9.65. The molecule has 35 heavy (non-hydrogen) atoms. The van der Waals surface area contributed by atoms with Gasteiger partial charge in [0.2, 0.25) is 0 Å². The molecule has 0 radical (unpaired) electrons. The SMILES string of the molecule is Cc1c(O)c(CO)cc(C2(c3cc(CO)c(O)c(C)c3O)c3ccccc3-c3ccccc32)c1O. The van der Waals surface area contributed by atoms with Crippen molar-refractivity contribution in [2.75, 3.05) is 0 Å². The summed E-state index contributed by atoms with van der Waals surface area (Å²) in [6.07, 6.45) is 0. The predicted molar refractivity (Wildman–Crippen MR) is 132 cm³/mol. The van der Waals surface area contributed by atoms with Crippen LogP contribution in [-0.4, -0.2) is 30.6 Å². The third-order valence-corrected chi connectivity index (χ3v) is 7.28. The molecule has 4 aromatic carbocycles. The topological polar surface area (TPSA) is 121 Å². The molecular formula is C29H26O6. The number of hydrogen-bond acceptors (Lipinski definition) is 6. The smallest absolute Gasteiger partial charge is 0.127 e. The fourth-order valence-electron chi connectivity index (χ4n) is 5.51. The molecule has 1 aliphatic rings. The van der Waals surface area contributed by atoms with Crippen LogP contribution in [0.4, 0.5) is 0 Å². The normalized spacial score (nSPS) is 13.5. The predicted octanol–water partition coefficient (Wildman–Crippen LogP) is 4.47. The molecule has 0 fully saturated rings. The molecule has 0 spiro atoms.